The number of nitrogens with zero attached hydrogens (tertiary/aromatic N) is 2. The normalized spacial score (nSPS) is 13.0. The van der Waals surface area contributed by atoms with Crippen molar-refractivity contribution in [2.45, 2.75) is 26.3 Å². The van der Waals surface area contributed by atoms with E-state index in [1.807, 2.05) is 32.0 Å². The van der Waals surface area contributed by atoms with Crippen molar-refractivity contribution >= 4 is 5.91 Å². The lowest BCUT2D eigenvalue weighted by Gasteiger charge is -2.20. The van der Waals surface area contributed by atoms with Crippen molar-refractivity contribution in [3.63, 3.8) is 0 Å². The van der Waals surface area contributed by atoms with E-state index in [9.17, 15) is 9.18 Å². The van der Waals surface area contributed by atoms with Crippen LogP contribution in [0, 0.1) is 11.7 Å². The van der Waals surface area contributed by atoms with Crippen LogP contribution in [0.5, 0.6) is 5.75 Å². The summed E-state index contributed by atoms with van der Waals surface area (Å²) in [6.07, 6.45) is 0.763. The van der Waals surface area contributed by atoms with Crippen LogP contribution in [0.15, 0.2) is 53.1 Å². The Morgan fingerprint density at radius 3 is 2.75 bits per heavy atom. The van der Waals surface area contributed by atoms with Crippen molar-refractivity contribution in [2.75, 3.05) is 7.11 Å². The molecular weight excluding hydrogens is 361 g/mol. The van der Waals surface area contributed by atoms with Gasteiger partial charge >= 0.3 is 0 Å². The van der Waals surface area contributed by atoms with Crippen LogP contribution in [-0.2, 0) is 0 Å². The molecule has 3 rings (SSSR count). The summed E-state index contributed by atoms with van der Waals surface area (Å²) < 4.78 is 24.6. The van der Waals surface area contributed by atoms with Crippen LogP contribution in [0.4, 0.5) is 4.39 Å². The van der Waals surface area contributed by atoms with Crippen LogP contribution in [0.25, 0.3) is 11.4 Å². The Morgan fingerprint density at radius 2 is 2.04 bits per heavy atom. The number of benzene rings is 2. The molecule has 0 radical (unpaired) electrons. The Balaban J connectivity index is 1.87. The number of nitrogens with one attached hydrogen (secondary N) is 1. The van der Waals surface area contributed by atoms with Crippen molar-refractivity contribution in [2.24, 2.45) is 5.92 Å². The average molecular weight is 383 g/mol. The van der Waals surface area contributed by atoms with E-state index in [0.717, 1.165) is 12.0 Å². The standard InChI is InChI=1S/C21H22FN3O3/c1-4-13(2)18(23-20(26)16-10-5-6-11-17(16)22)21-24-19(25-28-21)14-8-7-9-15(12-14)27-3/h5-13,18H,4H2,1-3H3,(H,23,26)/t13-,18-/m0/s1. The summed E-state index contributed by atoms with van der Waals surface area (Å²) >= 11 is 0. The van der Waals surface area contributed by atoms with E-state index in [1.54, 1.807) is 19.2 Å². The third-order valence-corrected chi connectivity index (χ3v) is 4.65. The number of methoxy groups -OCH3 is 1. The summed E-state index contributed by atoms with van der Waals surface area (Å²) in [5.41, 5.74) is 0.709. The molecule has 7 heteroatoms. The number of halogens is 1. The number of amides is 1. The smallest absolute Gasteiger partial charge is 0.254 e. The fourth-order valence-electron chi connectivity index (χ4n) is 2.79. The lowest BCUT2D eigenvalue weighted by Crippen LogP contribution is -2.33. The predicted octanol–water partition coefficient (Wildman–Crippen LogP) is 4.40. The molecule has 3 aromatic rings. The van der Waals surface area contributed by atoms with E-state index in [1.165, 1.54) is 18.2 Å². The van der Waals surface area contributed by atoms with Gasteiger partial charge in [0.2, 0.25) is 11.7 Å². The SMILES string of the molecule is CC[C@H](C)[C@H](NC(=O)c1ccccc1F)c1nc(-c2cccc(OC)c2)no1. The van der Waals surface area contributed by atoms with Gasteiger partial charge < -0.3 is 14.6 Å². The summed E-state index contributed by atoms with van der Waals surface area (Å²) in [7, 11) is 1.58. The van der Waals surface area contributed by atoms with Gasteiger partial charge in [-0.1, -0.05) is 49.7 Å². The highest BCUT2D eigenvalue weighted by atomic mass is 19.1. The highest BCUT2D eigenvalue weighted by molar-refractivity contribution is 5.94. The van der Waals surface area contributed by atoms with E-state index in [2.05, 4.69) is 15.5 Å². The van der Waals surface area contributed by atoms with Gasteiger partial charge in [0.1, 0.15) is 17.6 Å². The summed E-state index contributed by atoms with van der Waals surface area (Å²) in [6.45, 7) is 3.95. The van der Waals surface area contributed by atoms with Gasteiger partial charge in [-0.3, -0.25) is 4.79 Å². The summed E-state index contributed by atoms with van der Waals surface area (Å²) in [4.78, 5) is 17.0. The monoisotopic (exact) mass is 383 g/mol. The zero-order valence-electron chi connectivity index (χ0n) is 16.0. The van der Waals surface area contributed by atoms with Crippen LogP contribution >= 0.6 is 0 Å². The third-order valence-electron chi connectivity index (χ3n) is 4.65. The Labute approximate surface area is 162 Å². The zero-order valence-corrected chi connectivity index (χ0v) is 16.0. The van der Waals surface area contributed by atoms with Gasteiger partial charge in [-0.15, -0.1) is 0 Å². The minimum absolute atomic E-state index is 0.00864. The Morgan fingerprint density at radius 1 is 1.25 bits per heavy atom. The molecule has 1 amide bonds. The molecule has 0 bridgehead atoms. The van der Waals surface area contributed by atoms with Gasteiger partial charge in [-0.25, -0.2) is 4.39 Å². The van der Waals surface area contributed by atoms with Crippen LogP contribution < -0.4 is 10.1 Å². The van der Waals surface area contributed by atoms with Crippen molar-refractivity contribution in [1.29, 1.82) is 0 Å². The molecule has 0 spiro atoms. The predicted molar refractivity (Wildman–Crippen MR) is 102 cm³/mol. The number of aromatic nitrogens is 2. The molecule has 1 N–H and O–H groups in total. The van der Waals surface area contributed by atoms with Crippen molar-refractivity contribution in [3.8, 4) is 17.1 Å². The van der Waals surface area contributed by atoms with E-state index < -0.39 is 17.8 Å². The first-order chi connectivity index (χ1) is 13.5. The highest BCUT2D eigenvalue weighted by Crippen LogP contribution is 2.27. The molecule has 28 heavy (non-hydrogen) atoms. The summed E-state index contributed by atoms with van der Waals surface area (Å²) in [5, 5.41) is 6.86. The van der Waals surface area contributed by atoms with Gasteiger partial charge in [0, 0.05) is 5.56 Å². The summed E-state index contributed by atoms with van der Waals surface area (Å²) in [6, 6.07) is 12.6. The zero-order chi connectivity index (χ0) is 20.1. The molecule has 6 nitrogen and oxygen atoms in total. The largest absolute Gasteiger partial charge is 0.497 e. The van der Waals surface area contributed by atoms with Crippen LogP contribution in [0.2, 0.25) is 0 Å². The van der Waals surface area contributed by atoms with Gasteiger partial charge in [-0.2, -0.15) is 4.98 Å². The first-order valence-electron chi connectivity index (χ1n) is 9.07. The maximum absolute atomic E-state index is 13.9. The minimum Gasteiger partial charge on any atom is -0.497 e. The van der Waals surface area contributed by atoms with E-state index in [0.29, 0.717) is 11.6 Å². The molecular formula is C21H22FN3O3. The van der Waals surface area contributed by atoms with Crippen LogP contribution in [-0.4, -0.2) is 23.2 Å². The second-order valence-electron chi connectivity index (χ2n) is 6.50. The molecule has 2 atom stereocenters. The molecule has 0 saturated heterocycles. The average Bonchev–Trinajstić information content (AvgIpc) is 3.21. The number of hydrogen-bond donors (Lipinski definition) is 1. The second-order valence-corrected chi connectivity index (χ2v) is 6.50. The number of ether oxygens (including phenoxy) is 1. The molecule has 1 heterocycles. The third kappa shape index (κ3) is 4.19. The molecule has 0 aliphatic rings. The second kappa shape index (κ2) is 8.65. The van der Waals surface area contributed by atoms with Gasteiger partial charge in [0.15, 0.2) is 0 Å². The number of rotatable bonds is 7. The van der Waals surface area contributed by atoms with Crippen LogP contribution in [0.1, 0.15) is 42.6 Å². The first kappa shape index (κ1) is 19.5. The molecule has 2 aromatic carbocycles. The fraction of sp³-hybridized carbons (Fsp3) is 0.286. The van der Waals surface area contributed by atoms with Gasteiger partial charge in [0.25, 0.3) is 5.91 Å². The molecule has 146 valence electrons. The molecule has 0 aliphatic heterocycles. The lowest BCUT2D eigenvalue weighted by atomic mass is 9.98. The maximum Gasteiger partial charge on any atom is 0.254 e. The molecule has 0 aliphatic carbocycles. The van der Waals surface area contributed by atoms with E-state index in [4.69, 9.17) is 9.26 Å². The number of carbonyl (C=O) groups excluding carboxylic acids is 1. The van der Waals surface area contributed by atoms with Crippen molar-refractivity contribution < 1.29 is 18.4 Å². The van der Waals surface area contributed by atoms with Crippen molar-refractivity contribution in [1.82, 2.24) is 15.5 Å². The number of carbonyl (C=O) groups is 1. The van der Waals surface area contributed by atoms with Crippen molar-refractivity contribution in [3.05, 3.63) is 65.8 Å². The van der Waals surface area contributed by atoms with Crippen LogP contribution in [0.3, 0.4) is 0 Å². The molecule has 0 unspecified atom stereocenters. The lowest BCUT2D eigenvalue weighted by molar-refractivity contribution is 0.0906. The van der Waals surface area contributed by atoms with Gasteiger partial charge in [-0.05, 0) is 30.2 Å². The Kier molecular flexibility index (Phi) is 6.03. The highest BCUT2D eigenvalue weighted by Gasteiger charge is 2.27. The minimum atomic E-state index is -0.578. The van der Waals surface area contributed by atoms with E-state index >= 15 is 0 Å². The molecule has 0 saturated carbocycles. The fourth-order valence-corrected chi connectivity index (χ4v) is 2.79. The van der Waals surface area contributed by atoms with E-state index in [-0.39, 0.29) is 17.4 Å². The topological polar surface area (TPSA) is 77.2 Å². The summed E-state index contributed by atoms with van der Waals surface area (Å²) in [5.74, 6) is 0.249. The Hall–Kier alpha value is -3.22. The Bertz CT molecular complexity index is 957. The maximum atomic E-state index is 13.9. The van der Waals surface area contributed by atoms with Gasteiger partial charge in [0.05, 0.1) is 12.7 Å². The first-order valence-corrected chi connectivity index (χ1v) is 9.07. The quantitative estimate of drug-likeness (QED) is 0.654. The number of hydrogen-bond acceptors (Lipinski definition) is 5. The molecule has 0 fully saturated rings. The molecule has 1 aromatic heterocycles.